The van der Waals surface area contributed by atoms with Crippen molar-refractivity contribution in [2.45, 2.75) is 18.1 Å². The first kappa shape index (κ1) is 14.5. The third-order valence-corrected chi connectivity index (χ3v) is 5.27. The van der Waals surface area contributed by atoms with Crippen LogP contribution in [0.25, 0.3) is 0 Å². The van der Waals surface area contributed by atoms with Crippen LogP contribution in [0.1, 0.15) is 12.0 Å². The summed E-state index contributed by atoms with van der Waals surface area (Å²) in [4.78, 5) is 13.3. The number of hydrogen-bond acceptors (Lipinski definition) is 3. The van der Waals surface area contributed by atoms with Crippen molar-refractivity contribution >= 4 is 31.9 Å². The molecular formula is C12H15BrN2O3S. The van der Waals surface area contributed by atoms with Crippen LogP contribution in [0.4, 0.5) is 0 Å². The standard InChI is InChI=1S/C12H15BrN2O3S/c13-11-4-2-1-3-9(11)5-6-15-8-10(7-12(15)16)19(14,17)18/h1-4,10H,5-8H2,(H2,14,17,18). The van der Waals surface area contributed by atoms with E-state index < -0.39 is 15.3 Å². The summed E-state index contributed by atoms with van der Waals surface area (Å²) in [6.45, 7) is 0.704. The van der Waals surface area contributed by atoms with Crippen LogP contribution in [-0.4, -0.2) is 37.6 Å². The Morgan fingerprint density at radius 2 is 2.05 bits per heavy atom. The van der Waals surface area contributed by atoms with E-state index in [0.717, 1.165) is 10.0 Å². The minimum Gasteiger partial charge on any atom is -0.341 e. The summed E-state index contributed by atoms with van der Waals surface area (Å²) in [6.07, 6.45) is 0.680. The normalized spacial score (nSPS) is 20.0. The van der Waals surface area contributed by atoms with Gasteiger partial charge in [-0.15, -0.1) is 0 Å². The molecule has 19 heavy (non-hydrogen) atoms. The second-order valence-electron chi connectivity index (χ2n) is 4.60. The van der Waals surface area contributed by atoms with Crippen molar-refractivity contribution in [3.8, 4) is 0 Å². The van der Waals surface area contributed by atoms with Crippen molar-refractivity contribution in [1.29, 1.82) is 0 Å². The van der Waals surface area contributed by atoms with Gasteiger partial charge in [-0.1, -0.05) is 34.1 Å². The number of primary sulfonamides is 1. The smallest absolute Gasteiger partial charge is 0.224 e. The molecule has 0 saturated carbocycles. The Balaban J connectivity index is 1.98. The van der Waals surface area contributed by atoms with E-state index >= 15 is 0 Å². The third kappa shape index (κ3) is 3.55. The first-order valence-electron chi connectivity index (χ1n) is 5.90. The highest BCUT2D eigenvalue weighted by atomic mass is 79.9. The maximum absolute atomic E-state index is 11.7. The fraction of sp³-hybridized carbons (Fsp3) is 0.417. The summed E-state index contributed by atoms with van der Waals surface area (Å²) in [5.41, 5.74) is 1.09. The van der Waals surface area contributed by atoms with Gasteiger partial charge in [-0.05, 0) is 18.1 Å². The van der Waals surface area contributed by atoms with Gasteiger partial charge in [-0.25, -0.2) is 13.6 Å². The van der Waals surface area contributed by atoms with Crippen molar-refractivity contribution in [3.05, 3.63) is 34.3 Å². The second kappa shape index (κ2) is 5.60. The van der Waals surface area contributed by atoms with Gasteiger partial charge in [0, 0.05) is 24.0 Å². The summed E-state index contributed by atoms with van der Waals surface area (Å²) in [5.74, 6) is -0.147. The van der Waals surface area contributed by atoms with E-state index in [0.29, 0.717) is 13.0 Å². The lowest BCUT2D eigenvalue weighted by atomic mass is 10.1. The van der Waals surface area contributed by atoms with Gasteiger partial charge < -0.3 is 4.90 Å². The van der Waals surface area contributed by atoms with E-state index in [1.54, 1.807) is 4.90 Å². The van der Waals surface area contributed by atoms with Crippen molar-refractivity contribution < 1.29 is 13.2 Å². The summed E-state index contributed by atoms with van der Waals surface area (Å²) >= 11 is 3.45. The number of likely N-dealkylation sites (tertiary alicyclic amines) is 1. The molecule has 1 aliphatic rings. The molecule has 0 radical (unpaired) electrons. The van der Waals surface area contributed by atoms with E-state index in [-0.39, 0.29) is 18.9 Å². The van der Waals surface area contributed by atoms with Gasteiger partial charge >= 0.3 is 0 Å². The van der Waals surface area contributed by atoms with Gasteiger partial charge in [0.2, 0.25) is 15.9 Å². The number of rotatable bonds is 4. The number of halogens is 1. The van der Waals surface area contributed by atoms with Crippen molar-refractivity contribution in [2.24, 2.45) is 5.14 Å². The number of benzene rings is 1. The number of sulfonamides is 1. The summed E-state index contributed by atoms with van der Waals surface area (Å²) in [5, 5.41) is 4.32. The highest BCUT2D eigenvalue weighted by Gasteiger charge is 2.35. The van der Waals surface area contributed by atoms with E-state index in [2.05, 4.69) is 15.9 Å². The molecule has 2 N–H and O–H groups in total. The molecular weight excluding hydrogens is 332 g/mol. The molecule has 0 aliphatic carbocycles. The zero-order valence-electron chi connectivity index (χ0n) is 10.3. The highest BCUT2D eigenvalue weighted by Crippen LogP contribution is 2.20. The molecule has 1 aliphatic heterocycles. The van der Waals surface area contributed by atoms with Gasteiger partial charge in [-0.2, -0.15) is 0 Å². The molecule has 1 aromatic rings. The van der Waals surface area contributed by atoms with E-state index in [9.17, 15) is 13.2 Å². The SMILES string of the molecule is NS(=O)(=O)C1CC(=O)N(CCc2ccccc2Br)C1. The monoisotopic (exact) mass is 346 g/mol. The fourth-order valence-corrected chi connectivity index (χ4v) is 3.37. The third-order valence-electron chi connectivity index (χ3n) is 3.25. The molecule has 5 nitrogen and oxygen atoms in total. The van der Waals surface area contributed by atoms with E-state index in [4.69, 9.17) is 5.14 Å². The predicted molar refractivity (Wildman–Crippen MR) is 75.9 cm³/mol. The van der Waals surface area contributed by atoms with Gasteiger partial charge in [0.1, 0.15) is 5.25 Å². The van der Waals surface area contributed by atoms with Gasteiger partial charge in [0.25, 0.3) is 0 Å². The van der Waals surface area contributed by atoms with Crippen LogP contribution in [0, 0.1) is 0 Å². The average Bonchev–Trinajstić information content (AvgIpc) is 2.70. The zero-order valence-corrected chi connectivity index (χ0v) is 12.7. The summed E-state index contributed by atoms with van der Waals surface area (Å²) < 4.78 is 23.5. The van der Waals surface area contributed by atoms with Crippen molar-refractivity contribution in [2.75, 3.05) is 13.1 Å². The second-order valence-corrected chi connectivity index (χ2v) is 7.30. The number of carbonyl (C=O) groups is 1. The van der Waals surface area contributed by atoms with Gasteiger partial charge in [0.05, 0.1) is 0 Å². The van der Waals surface area contributed by atoms with Crippen LogP contribution in [0.3, 0.4) is 0 Å². The van der Waals surface area contributed by atoms with Crippen LogP contribution in [0.15, 0.2) is 28.7 Å². The van der Waals surface area contributed by atoms with Crippen LogP contribution in [0.5, 0.6) is 0 Å². The molecule has 1 saturated heterocycles. The lowest BCUT2D eigenvalue weighted by Gasteiger charge is -2.16. The van der Waals surface area contributed by atoms with Gasteiger partial charge in [0.15, 0.2) is 0 Å². The average molecular weight is 347 g/mol. The molecule has 1 fully saturated rings. The quantitative estimate of drug-likeness (QED) is 0.878. The Kier molecular flexibility index (Phi) is 4.27. The molecule has 1 aromatic carbocycles. The van der Waals surface area contributed by atoms with Crippen molar-refractivity contribution in [3.63, 3.8) is 0 Å². The minimum absolute atomic E-state index is 0.00517. The number of amides is 1. The number of carbonyl (C=O) groups excluding carboxylic acids is 1. The first-order valence-corrected chi connectivity index (χ1v) is 8.31. The lowest BCUT2D eigenvalue weighted by Crippen LogP contribution is -2.33. The first-order chi connectivity index (χ1) is 8.88. The molecule has 1 heterocycles. The lowest BCUT2D eigenvalue weighted by molar-refractivity contribution is -0.127. The molecule has 0 bridgehead atoms. The molecule has 2 rings (SSSR count). The largest absolute Gasteiger partial charge is 0.341 e. The van der Waals surface area contributed by atoms with E-state index in [1.807, 2.05) is 24.3 Å². The summed E-state index contributed by atoms with van der Waals surface area (Å²) in [6, 6.07) is 7.76. The minimum atomic E-state index is -3.63. The molecule has 7 heteroatoms. The maximum Gasteiger partial charge on any atom is 0.224 e. The van der Waals surface area contributed by atoms with Crippen LogP contribution in [0.2, 0.25) is 0 Å². The zero-order chi connectivity index (χ0) is 14.0. The van der Waals surface area contributed by atoms with Gasteiger partial charge in [-0.3, -0.25) is 4.79 Å². The summed E-state index contributed by atoms with van der Waals surface area (Å²) in [7, 11) is -3.63. The van der Waals surface area contributed by atoms with Crippen molar-refractivity contribution in [1.82, 2.24) is 4.90 Å². The van der Waals surface area contributed by atoms with Crippen LogP contribution >= 0.6 is 15.9 Å². The van der Waals surface area contributed by atoms with E-state index in [1.165, 1.54) is 0 Å². The molecule has 1 amide bonds. The number of hydrogen-bond donors (Lipinski definition) is 1. The number of nitrogens with two attached hydrogens (primary N) is 1. The maximum atomic E-state index is 11.7. The molecule has 1 atom stereocenters. The fourth-order valence-electron chi connectivity index (χ4n) is 2.13. The molecule has 104 valence electrons. The molecule has 0 spiro atoms. The van der Waals surface area contributed by atoms with Crippen LogP contribution in [-0.2, 0) is 21.2 Å². The Morgan fingerprint density at radius 1 is 1.37 bits per heavy atom. The predicted octanol–water partition coefficient (Wildman–Crippen LogP) is 0.881. The Hall–Kier alpha value is -0.920. The molecule has 0 aromatic heterocycles. The Bertz CT molecular complexity index is 588. The number of nitrogens with zero attached hydrogens (tertiary/aromatic N) is 1. The topological polar surface area (TPSA) is 80.5 Å². The Morgan fingerprint density at radius 3 is 2.63 bits per heavy atom. The Labute approximate surface area is 121 Å². The highest BCUT2D eigenvalue weighted by molar-refractivity contribution is 9.10. The van der Waals surface area contributed by atoms with Crippen LogP contribution < -0.4 is 5.14 Å². The molecule has 1 unspecified atom stereocenters.